The summed E-state index contributed by atoms with van der Waals surface area (Å²) in [6.45, 7) is 2.08. The van der Waals surface area contributed by atoms with Crippen molar-refractivity contribution in [1.82, 2.24) is 4.98 Å². The molecule has 2 nitrogen and oxygen atoms in total. The van der Waals surface area contributed by atoms with E-state index in [9.17, 15) is 4.79 Å². The summed E-state index contributed by atoms with van der Waals surface area (Å²) >= 11 is 1.55. The number of carbonyl (C=O) groups is 1. The number of ketones is 1. The zero-order valence-electron chi connectivity index (χ0n) is 11.5. The van der Waals surface area contributed by atoms with Crippen molar-refractivity contribution in [2.75, 3.05) is 0 Å². The zero-order chi connectivity index (χ0) is 14.4. The van der Waals surface area contributed by atoms with Crippen LogP contribution in [-0.2, 0) is 0 Å². The van der Waals surface area contributed by atoms with E-state index in [1.54, 1.807) is 11.8 Å². The van der Waals surface area contributed by atoms with Crippen LogP contribution in [0.2, 0.25) is 0 Å². The predicted octanol–water partition coefficient (Wildman–Crippen LogP) is 4.81. The first kappa shape index (κ1) is 12.5. The highest BCUT2D eigenvalue weighted by atomic mass is 32.2. The van der Waals surface area contributed by atoms with Gasteiger partial charge in [-0.1, -0.05) is 42.1 Å². The van der Waals surface area contributed by atoms with Crippen LogP contribution in [0.4, 0.5) is 0 Å². The lowest BCUT2D eigenvalue weighted by Gasteiger charge is -1.97. The van der Waals surface area contributed by atoms with Gasteiger partial charge in [-0.3, -0.25) is 4.79 Å². The molecule has 1 aliphatic rings. The number of allylic oxidation sites excluding steroid dienone is 1. The van der Waals surface area contributed by atoms with E-state index in [2.05, 4.69) is 24.0 Å². The highest BCUT2D eigenvalue weighted by Gasteiger charge is 2.25. The maximum absolute atomic E-state index is 12.4. The van der Waals surface area contributed by atoms with Crippen molar-refractivity contribution in [2.45, 2.75) is 11.8 Å². The molecule has 1 N–H and O–H groups in total. The number of aryl methyl sites for hydroxylation is 1. The van der Waals surface area contributed by atoms with Crippen LogP contribution in [0.5, 0.6) is 0 Å². The smallest absolute Gasteiger partial charge is 0.200 e. The number of rotatable bonds is 1. The molecule has 0 fully saturated rings. The fourth-order valence-electron chi connectivity index (χ4n) is 2.72. The first-order chi connectivity index (χ1) is 10.2. The van der Waals surface area contributed by atoms with Gasteiger partial charge in [0.1, 0.15) is 0 Å². The molecule has 3 heteroatoms. The lowest BCUT2D eigenvalue weighted by Crippen LogP contribution is -1.93. The summed E-state index contributed by atoms with van der Waals surface area (Å²) in [6, 6.07) is 14.0. The van der Waals surface area contributed by atoms with E-state index < -0.39 is 0 Å². The van der Waals surface area contributed by atoms with E-state index in [4.69, 9.17) is 0 Å². The topological polar surface area (TPSA) is 32.9 Å². The van der Waals surface area contributed by atoms with E-state index in [0.29, 0.717) is 0 Å². The minimum atomic E-state index is 0.123. The molecule has 102 valence electrons. The third-order valence-corrected chi connectivity index (χ3v) is 4.92. The second-order valence-corrected chi connectivity index (χ2v) is 6.26. The van der Waals surface area contributed by atoms with Crippen molar-refractivity contribution in [3.05, 3.63) is 70.3 Å². The molecule has 3 aromatic rings. The normalized spacial score (nSPS) is 15.9. The first-order valence-corrected chi connectivity index (χ1v) is 7.65. The van der Waals surface area contributed by atoms with Gasteiger partial charge in [0.15, 0.2) is 0 Å². The molecule has 0 amide bonds. The van der Waals surface area contributed by atoms with Gasteiger partial charge in [-0.25, -0.2) is 0 Å². The SMILES string of the molecule is Cc1cccc2c(/C=C3\Sc4ccccc4C3=O)c[nH]c12. The molecule has 0 atom stereocenters. The number of hydrogen-bond donors (Lipinski definition) is 1. The molecule has 1 aromatic heterocycles. The highest BCUT2D eigenvalue weighted by molar-refractivity contribution is 8.04. The second kappa shape index (κ2) is 4.64. The second-order valence-electron chi connectivity index (χ2n) is 5.18. The Hall–Kier alpha value is -2.26. The Bertz CT molecular complexity index is 904. The van der Waals surface area contributed by atoms with Crippen LogP contribution in [0.15, 0.2) is 58.5 Å². The molecule has 0 bridgehead atoms. The summed E-state index contributed by atoms with van der Waals surface area (Å²) in [5, 5.41) is 1.16. The number of fused-ring (bicyclic) bond motifs is 2. The van der Waals surface area contributed by atoms with Gasteiger partial charge in [0, 0.05) is 33.1 Å². The van der Waals surface area contributed by atoms with Gasteiger partial charge >= 0.3 is 0 Å². The van der Waals surface area contributed by atoms with Crippen molar-refractivity contribution in [3.8, 4) is 0 Å². The number of para-hydroxylation sites is 1. The average molecular weight is 291 g/mol. The molecule has 0 spiro atoms. The first-order valence-electron chi connectivity index (χ1n) is 6.84. The summed E-state index contributed by atoms with van der Waals surface area (Å²) in [5.41, 5.74) is 4.23. The lowest BCUT2D eigenvalue weighted by atomic mass is 10.1. The van der Waals surface area contributed by atoms with Crippen molar-refractivity contribution in [1.29, 1.82) is 0 Å². The number of carbonyl (C=O) groups excluding carboxylic acids is 1. The molecular weight excluding hydrogens is 278 g/mol. The fraction of sp³-hybridized carbons (Fsp3) is 0.0556. The molecule has 21 heavy (non-hydrogen) atoms. The lowest BCUT2D eigenvalue weighted by molar-refractivity contribution is 0.104. The molecule has 0 unspecified atom stereocenters. The van der Waals surface area contributed by atoms with E-state index in [0.717, 1.165) is 31.8 Å². The molecule has 2 heterocycles. The van der Waals surface area contributed by atoms with Gasteiger partial charge in [-0.05, 0) is 30.7 Å². The Balaban J connectivity index is 1.82. The van der Waals surface area contributed by atoms with E-state index >= 15 is 0 Å². The van der Waals surface area contributed by atoms with Gasteiger partial charge in [0.05, 0.1) is 4.91 Å². The van der Waals surface area contributed by atoms with Crippen LogP contribution in [0.1, 0.15) is 21.5 Å². The fourth-order valence-corrected chi connectivity index (χ4v) is 3.77. The summed E-state index contributed by atoms with van der Waals surface area (Å²) in [4.78, 5) is 17.6. The molecule has 0 aliphatic carbocycles. The van der Waals surface area contributed by atoms with Crippen molar-refractivity contribution >= 4 is 34.5 Å². The molecule has 0 saturated carbocycles. The van der Waals surface area contributed by atoms with E-state index in [-0.39, 0.29) is 5.78 Å². The Labute approximate surface area is 126 Å². The zero-order valence-corrected chi connectivity index (χ0v) is 12.3. The highest BCUT2D eigenvalue weighted by Crippen LogP contribution is 2.41. The third kappa shape index (κ3) is 1.93. The molecular formula is C18H13NOS. The van der Waals surface area contributed by atoms with E-state index in [1.165, 1.54) is 5.56 Å². The monoisotopic (exact) mass is 291 g/mol. The van der Waals surface area contributed by atoms with Gasteiger partial charge < -0.3 is 4.98 Å². The van der Waals surface area contributed by atoms with Crippen molar-refractivity contribution in [2.24, 2.45) is 0 Å². The number of benzene rings is 2. The number of H-pyrrole nitrogens is 1. The van der Waals surface area contributed by atoms with Crippen LogP contribution in [-0.4, -0.2) is 10.8 Å². The third-order valence-electron chi connectivity index (χ3n) is 3.82. The average Bonchev–Trinajstić information content (AvgIpc) is 3.04. The Kier molecular flexibility index (Phi) is 2.76. The van der Waals surface area contributed by atoms with Crippen molar-refractivity contribution in [3.63, 3.8) is 0 Å². The molecule has 1 aliphatic heterocycles. The Morgan fingerprint density at radius 2 is 1.95 bits per heavy atom. The maximum atomic E-state index is 12.4. The number of aromatic nitrogens is 1. The summed E-state index contributed by atoms with van der Waals surface area (Å²) in [7, 11) is 0. The van der Waals surface area contributed by atoms with Gasteiger partial charge in [0.25, 0.3) is 0 Å². The molecule has 0 radical (unpaired) electrons. The van der Waals surface area contributed by atoms with Crippen LogP contribution in [0, 0.1) is 6.92 Å². The number of nitrogens with one attached hydrogen (secondary N) is 1. The summed E-state index contributed by atoms with van der Waals surface area (Å²) in [6.07, 6.45) is 3.97. The van der Waals surface area contributed by atoms with Gasteiger partial charge in [-0.2, -0.15) is 0 Å². The minimum absolute atomic E-state index is 0.123. The minimum Gasteiger partial charge on any atom is -0.360 e. The number of hydrogen-bond acceptors (Lipinski definition) is 2. The Morgan fingerprint density at radius 1 is 1.10 bits per heavy atom. The van der Waals surface area contributed by atoms with E-state index in [1.807, 2.05) is 42.6 Å². The van der Waals surface area contributed by atoms with Crippen LogP contribution < -0.4 is 0 Å². The van der Waals surface area contributed by atoms with Crippen LogP contribution >= 0.6 is 11.8 Å². The molecule has 0 saturated heterocycles. The summed E-state index contributed by atoms with van der Waals surface area (Å²) < 4.78 is 0. The quantitative estimate of drug-likeness (QED) is 0.653. The predicted molar refractivity (Wildman–Crippen MR) is 87.6 cm³/mol. The number of Topliss-reactive ketones (excluding diaryl/α,β-unsaturated/α-hetero) is 1. The van der Waals surface area contributed by atoms with Gasteiger partial charge in [-0.15, -0.1) is 0 Å². The maximum Gasteiger partial charge on any atom is 0.200 e. The standard InChI is InChI=1S/C18H13NOS/c1-11-5-4-7-13-12(10-19-17(11)13)9-16-18(20)14-6-2-3-8-15(14)21-16/h2-10,19H,1H3/b16-9-. The Morgan fingerprint density at radius 3 is 2.81 bits per heavy atom. The van der Waals surface area contributed by atoms with Crippen molar-refractivity contribution < 1.29 is 4.79 Å². The van der Waals surface area contributed by atoms with Crippen LogP contribution in [0.25, 0.3) is 17.0 Å². The largest absolute Gasteiger partial charge is 0.360 e. The molecule has 2 aromatic carbocycles. The number of thioether (sulfide) groups is 1. The van der Waals surface area contributed by atoms with Gasteiger partial charge in [0.2, 0.25) is 5.78 Å². The summed E-state index contributed by atoms with van der Waals surface area (Å²) in [5.74, 6) is 0.123. The van der Waals surface area contributed by atoms with Crippen LogP contribution in [0.3, 0.4) is 0 Å². The molecule has 4 rings (SSSR count). The number of aromatic amines is 1.